The predicted molar refractivity (Wildman–Crippen MR) is 95.0 cm³/mol. The minimum Gasteiger partial charge on any atom is -0.393 e. The van der Waals surface area contributed by atoms with Crippen LogP contribution in [0, 0.1) is 5.92 Å². The molecule has 1 aliphatic heterocycles. The number of nitrogens with zero attached hydrogens (tertiary/aromatic N) is 1. The monoisotopic (exact) mass is 321 g/mol. The Hall–Kier alpha value is -2.13. The van der Waals surface area contributed by atoms with Gasteiger partial charge in [-0.05, 0) is 66.5 Å². The van der Waals surface area contributed by atoms with Gasteiger partial charge in [0.25, 0.3) is 5.91 Å². The highest BCUT2D eigenvalue weighted by Gasteiger charge is 2.27. The molecule has 0 radical (unpaired) electrons. The van der Waals surface area contributed by atoms with Gasteiger partial charge in [0.15, 0.2) is 0 Å². The second-order valence-electron chi connectivity index (χ2n) is 7.08. The van der Waals surface area contributed by atoms with Gasteiger partial charge in [0.2, 0.25) is 0 Å². The number of rotatable bonds is 2. The van der Waals surface area contributed by atoms with Gasteiger partial charge in [0.05, 0.1) is 6.10 Å². The number of hydrogen-bond acceptors (Lipinski definition) is 2. The standard InChI is InChI=1S/C21H23NO2/c1-14(23)15-8-10-22(11-9-15)21(24)17-6-7-20-18(13-17)12-16-4-2-3-5-19(16)20/h2-7,13-15,23H,8-12H2,1H3. The van der Waals surface area contributed by atoms with Crippen molar-refractivity contribution in [3.8, 4) is 11.1 Å². The Morgan fingerprint density at radius 1 is 1.08 bits per heavy atom. The molecule has 0 saturated carbocycles. The molecule has 4 rings (SSSR count). The van der Waals surface area contributed by atoms with Crippen LogP contribution >= 0.6 is 0 Å². The maximum atomic E-state index is 12.8. The summed E-state index contributed by atoms with van der Waals surface area (Å²) in [7, 11) is 0. The molecule has 1 aliphatic carbocycles. The summed E-state index contributed by atoms with van der Waals surface area (Å²) in [4.78, 5) is 14.7. The van der Waals surface area contributed by atoms with Crippen LogP contribution in [0.25, 0.3) is 11.1 Å². The summed E-state index contributed by atoms with van der Waals surface area (Å²) in [6.45, 7) is 3.33. The minimum atomic E-state index is -0.277. The van der Waals surface area contributed by atoms with Gasteiger partial charge in [-0.15, -0.1) is 0 Å². The summed E-state index contributed by atoms with van der Waals surface area (Å²) in [5.74, 6) is 0.446. The number of carbonyl (C=O) groups is 1. The summed E-state index contributed by atoms with van der Waals surface area (Å²) in [5.41, 5.74) is 5.94. The van der Waals surface area contributed by atoms with Gasteiger partial charge in [0, 0.05) is 18.7 Å². The second-order valence-corrected chi connectivity index (χ2v) is 7.08. The lowest BCUT2D eigenvalue weighted by molar-refractivity contribution is 0.0521. The lowest BCUT2D eigenvalue weighted by Crippen LogP contribution is -2.40. The number of amides is 1. The van der Waals surface area contributed by atoms with Gasteiger partial charge < -0.3 is 10.0 Å². The van der Waals surface area contributed by atoms with E-state index in [0.717, 1.165) is 37.9 Å². The van der Waals surface area contributed by atoms with Crippen LogP contribution in [0.4, 0.5) is 0 Å². The van der Waals surface area contributed by atoms with E-state index in [4.69, 9.17) is 0 Å². The van der Waals surface area contributed by atoms with Crippen LogP contribution in [-0.4, -0.2) is 35.1 Å². The quantitative estimate of drug-likeness (QED) is 0.785. The number of benzene rings is 2. The highest BCUT2D eigenvalue weighted by atomic mass is 16.3. The number of aliphatic hydroxyl groups excluding tert-OH is 1. The van der Waals surface area contributed by atoms with Crippen molar-refractivity contribution in [3.05, 3.63) is 59.2 Å². The first kappa shape index (κ1) is 15.4. The van der Waals surface area contributed by atoms with Crippen LogP contribution in [0.15, 0.2) is 42.5 Å². The third-order valence-corrected chi connectivity index (χ3v) is 5.55. The summed E-state index contributed by atoms with van der Waals surface area (Å²) in [6, 6.07) is 14.6. The zero-order chi connectivity index (χ0) is 16.7. The van der Waals surface area contributed by atoms with Gasteiger partial charge in [-0.25, -0.2) is 0 Å². The third kappa shape index (κ3) is 2.63. The molecule has 0 bridgehead atoms. The third-order valence-electron chi connectivity index (χ3n) is 5.55. The molecule has 1 saturated heterocycles. The predicted octanol–water partition coefficient (Wildman–Crippen LogP) is 3.49. The normalized spacial score (nSPS) is 18.2. The largest absolute Gasteiger partial charge is 0.393 e. The van der Waals surface area contributed by atoms with E-state index in [-0.39, 0.29) is 12.0 Å². The van der Waals surface area contributed by atoms with Gasteiger partial charge in [-0.2, -0.15) is 0 Å². The zero-order valence-electron chi connectivity index (χ0n) is 14.0. The summed E-state index contributed by atoms with van der Waals surface area (Å²) >= 11 is 0. The number of likely N-dealkylation sites (tertiary alicyclic amines) is 1. The maximum Gasteiger partial charge on any atom is 0.253 e. The molecule has 1 unspecified atom stereocenters. The molecule has 124 valence electrons. The summed E-state index contributed by atoms with van der Waals surface area (Å²) in [6.07, 6.45) is 2.41. The highest BCUT2D eigenvalue weighted by Crippen LogP contribution is 2.37. The van der Waals surface area contributed by atoms with E-state index in [0.29, 0.717) is 5.92 Å². The second kappa shape index (κ2) is 6.06. The molecule has 2 aromatic rings. The first-order chi connectivity index (χ1) is 11.6. The van der Waals surface area contributed by atoms with Gasteiger partial charge in [0.1, 0.15) is 0 Å². The van der Waals surface area contributed by atoms with Crippen LogP contribution in [-0.2, 0) is 6.42 Å². The Balaban J connectivity index is 1.52. The number of fused-ring (bicyclic) bond motifs is 3. The first-order valence-corrected chi connectivity index (χ1v) is 8.82. The fraction of sp³-hybridized carbons (Fsp3) is 0.381. The Morgan fingerprint density at radius 3 is 2.54 bits per heavy atom. The van der Waals surface area contributed by atoms with Crippen molar-refractivity contribution in [1.29, 1.82) is 0 Å². The van der Waals surface area contributed by atoms with Crippen LogP contribution in [0.5, 0.6) is 0 Å². The van der Waals surface area contributed by atoms with Crippen molar-refractivity contribution in [2.75, 3.05) is 13.1 Å². The number of aliphatic hydroxyl groups is 1. The zero-order valence-corrected chi connectivity index (χ0v) is 14.0. The summed E-state index contributed by atoms with van der Waals surface area (Å²) in [5, 5.41) is 9.71. The Morgan fingerprint density at radius 2 is 1.79 bits per heavy atom. The molecule has 24 heavy (non-hydrogen) atoms. The molecule has 1 amide bonds. The molecule has 2 aliphatic rings. The smallest absolute Gasteiger partial charge is 0.253 e. The molecular weight excluding hydrogens is 298 g/mol. The van der Waals surface area contributed by atoms with Gasteiger partial charge >= 0.3 is 0 Å². The molecule has 1 heterocycles. The number of piperidine rings is 1. The number of carbonyl (C=O) groups excluding carboxylic acids is 1. The van der Waals surface area contributed by atoms with Crippen molar-refractivity contribution in [1.82, 2.24) is 4.90 Å². The van der Waals surface area contributed by atoms with Crippen LogP contribution in [0.2, 0.25) is 0 Å². The Labute approximate surface area is 142 Å². The van der Waals surface area contributed by atoms with Crippen molar-refractivity contribution < 1.29 is 9.90 Å². The molecule has 2 aromatic carbocycles. The first-order valence-electron chi connectivity index (χ1n) is 8.82. The van der Waals surface area contributed by atoms with E-state index in [9.17, 15) is 9.90 Å². The molecule has 3 nitrogen and oxygen atoms in total. The Bertz CT molecular complexity index is 773. The number of hydrogen-bond donors (Lipinski definition) is 1. The molecule has 1 N–H and O–H groups in total. The van der Waals surface area contributed by atoms with E-state index < -0.39 is 0 Å². The minimum absolute atomic E-state index is 0.123. The lowest BCUT2D eigenvalue weighted by Gasteiger charge is -2.33. The topological polar surface area (TPSA) is 40.5 Å². The van der Waals surface area contributed by atoms with Gasteiger partial charge in [-0.1, -0.05) is 30.3 Å². The van der Waals surface area contributed by atoms with E-state index >= 15 is 0 Å². The van der Waals surface area contributed by atoms with Crippen molar-refractivity contribution in [3.63, 3.8) is 0 Å². The SMILES string of the molecule is CC(O)C1CCN(C(=O)c2ccc3c(c2)Cc2ccccc2-3)CC1. The van der Waals surface area contributed by atoms with Crippen molar-refractivity contribution >= 4 is 5.91 Å². The average Bonchev–Trinajstić information content (AvgIpc) is 2.99. The molecular formula is C21H23NO2. The van der Waals surface area contributed by atoms with Crippen molar-refractivity contribution in [2.45, 2.75) is 32.3 Å². The summed E-state index contributed by atoms with van der Waals surface area (Å²) < 4.78 is 0. The maximum absolute atomic E-state index is 12.8. The van der Waals surface area contributed by atoms with E-state index in [1.54, 1.807) is 0 Å². The van der Waals surface area contributed by atoms with Crippen molar-refractivity contribution in [2.24, 2.45) is 5.92 Å². The highest BCUT2D eigenvalue weighted by molar-refractivity contribution is 5.95. The Kier molecular flexibility index (Phi) is 3.89. The van der Waals surface area contributed by atoms with Gasteiger partial charge in [-0.3, -0.25) is 4.79 Å². The van der Waals surface area contributed by atoms with Crippen LogP contribution in [0.3, 0.4) is 0 Å². The lowest BCUT2D eigenvalue weighted by atomic mass is 9.92. The molecule has 1 fully saturated rings. The fourth-order valence-electron chi connectivity index (χ4n) is 4.05. The molecule has 1 atom stereocenters. The molecule has 0 spiro atoms. The molecule has 3 heteroatoms. The van der Waals surface area contributed by atoms with E-state index in [2.05, 4.69) is 36.4 Å². The fourth-order valence-corrected chi connectivity index (χ4v) is 4.05. The van der Waals surface area contributed by atoms with Crippen LogP contribution < -0.4 is 0 Å². The van der Waals surface area contributed by atoms with E-state index in [1.807, 2.05) is 17.9 Å². The van der Waals surface area contributed by atoms with Crippen LogP contribution in [0.1, 0.15) is 41.3 Å². The molecule has 0 aromatic heterocycles. The average molecular weight is 321 g/mol. The van der Waals surface area contributed by atoms with E-state index in [1.165, 1.54) is 22.3 Å².